The van der Waals surface area contributed by atoms with Gasteiger partial charge in [0.1, 0.15) is 5.82 Å². The third kappa shape index (κ3) is 2.59. The molecule has 21 heavy (non-hydrogen) atoms. The predicted octanol–water partition coefficient (Wildman–Crippen LogP) is 4.57. The van der Waals surface area contributed by atoms with Crippen LogP contribution in [-0.2, 0) is 0 Å². The maximum atomic E-state index is 4.80. The van der Waals surface area contributed by atoms with Crippen LogP contribution < -0.4 is 0 Å². The number of aryl methyl sites for hydroxylation is 1. The minimum Gasteiger partial charge on any atom is -0.342 e. The molecule has 0 aliphatic heterocycles. The van der Waals surface area contributed by atoms with Crippen LogP contribution in [0.25, 0.3) is 22.6 Å². The van der Waals surface area contributed by atoms with Crippen molar-refractivity contribution < 1.29 is 0 Å². The number of benzene rings is 1. The highest BCUT2D eigenvalue weighted by Crippen LogP contribution is 2.30. The molecule has 0 saturated carbocycles. The Balaban J connectivity index is 2.10. The second-order valence-corrected chi connectivity index (χ2v) is 5.54. The van der Waals surface area contributed by atoms with Crippen LogP contribution in [0.3, 0.4) is 0 Å². The van der Waals surface area contributed by atoms with E-state index in [1.54, 1.807) is 6.20 Å². The zero-order valence-electron chi connectivity index (χ0n) is 12.6. The SMILES string of the molecule is Cc1[nH]c(-c2ccccc2C(C)C)nc1-c1cccnc1. The number of nitrogens with one attached hydrogen (secondary N) is 1. The highest BCUT2D eigenvalue weighted by Gasteiger charge is 2.14. The summed E-state index contributed by atoms with van der Waals surface area (Å²) in [5, 5.41) is 0. The fourth-order valence-corrected chi connectivity index (χ4v) is 2.59. The van der Waals surface area contributed by atoms with Crippen molar-refractivity contribution in [3.05, 3.63) is 60.0 Å². The topological polar surface area (TPSA) is 41.6 Å². The molecule has 1 N–H and O–H groups in total. The Morgan fingerprint density at radius 1 is 1.05 bits per heavy atom. The van der Waals surface area contributed by atoms with Crippen molar-refractivity contribution in [2.24, 2.45) is 0 Å². The fraction of sp³-hybridized carbons (Fsp3) is 0.222. The Hall–Kier alpha value is -2.42. The third-order valence-electron chi connectivity index (χ3n) is 3.66. The zero-order chi connectivity index (χ0) is 14.8. The Labute approximate surface area is 125 Å². The molecule has 0 atom stereocenters. The Morgan fingerprint density at radius 2 is 1.86 bits per heavy atom. The van der Waals surface area contributed by atoms with Crippen molar-refractivity contribution in [3.63, 3.8) is 0 Å². The molecule has 0 saturated heterocycles. The molecule has 106 valence electrons. The number of imidazole rings is 1. The maximum Gasteiger partial charge on any atom is 0.138 e. The van der Waals surface area contributed by atoms with Crippen LogP contribution in [0.15, 0.2) is 48.8 Å². The highest BCUT2D eigenvalue weighted by atomic mass is 14.9. The van der Waals surface area contributed by atoms with E-state index in [0.29, 0.717) is 5.92 Å². The number of H-pyrrole nitrogens is 1. The summed E-state index contributed by atoms with van der Waals surface area (Å²) in [6.07, 6.45) is 3.63. The van der Waals surface area contributed by atoms with Crippen LogP contribution in [-0.4, -0.2) is 15.0 Å². The summed E-state index contributed by atoms with van der Waals surface area (Å²) in [5.74, 6) is 1.39. The lowest BCUT2D eigenvalue weighted by molar-refractivity contribution is 0.867. The zero-order valence-corrected chi connectivity index (χ0v) is 12.6. The monoisotopic (exact) mass is 277 g/mol. The number of nitrogens with zero attached hydrogens (tertiary/aromatic N) is 2. The molecule has 3 aromatic rings. The van der Waals surface area contributed by atoms with Gasteiger partial charge in [0.05, 0.1) is 5.69 Å². The van der Waals surface area contributed by atoms with Crippen LogP contribution in [0.5, 0.6) is 0 Å². The van der Waals surface area contributed by atoms with E-state index in [2.05, 4.69) is 55.0 Å². The predicted molar refractivity (Wildman–Crippen MR) is 86.1 cm³/mol. The van der Waals surface area contributed by atoms with Gasteiger partial charge >= 0.3 is 0 Å². The molecule has 0 unspecified atom stereocenters. The van der Waals surface area contributed by atoms with Gasteiger partial charge in [-0.3, -0.25) is 4.98 Å². The van der Waals surface area contributed by atoms with E-state index in [9.17, 15) is 0 Å². The second kappa shape index (κ2) is 5.52. The minimum absolute atomic E-state index is 0.466. The molecule has 0 spiro atoms. The molecule has 3 rings (SSSR count). The summed E-state index contributed by atoms with van der Waals surface area (Å²) >= 11 is 0. The first kappa shape index (κ1) is 13.6. The van der Waals surface area contributed by atoms with Crippen LogP contribution in [0.4, 0.5) is 0 Å². The normalized spacial score (nSPS) is 11.0. The van der Waals surface area contributed by atoms with Gasteiger partial charge in [-0.2, -0.15) is 0 Å². The lowest BCUT2D eigenvalue weighted by Gasteiger charge is -2.10. The maximum absolute atomic E-state index is 4.80. The van der Waals surface area contributed by atoms with E-state index in [4.69, 9.17) is 4.98 Å². The fourth-order valence-electron chi connectivity index (χ4n) is 2.59. The summed E-state index contributed by atoms with van der Waals surface area (Å²) in [4.78, 5) is 12.4. The second-order valence-electron chi connectivity index (χ2n) is 5.54. The standard InChI is InChI=1S/C18H19N3/c1-12(2)15-8-4-5-9-16(15)18-20-13(3)17(21-18)14-7-6-10-19-11-14/h4-12H,1-3H3,(H,20,21). The van der Waals surface area contributed by atoms with Crippen molar-refractivity contribution in [2.45, 2.75) is 26.7 Å². The Bertz CT molecular complexity index is 742. The number of rotatable bonds is 3. The molecule has 3 nitrogen and oxygen atoms in total. The summed E-state index contributed by atoms with van der Waals surface area (Å²) < 4.78 is 0. The lowest BCUT2D eigenvalue weighted by Crippen LogP contribution is -1.93. The minimum atomic E-state index is 0.466. The van der Waals surface area contributed by atoms with E-state index in [-0.39, 0.29) is 0 Å². The molecule has 0 fully saturated rings. The number of hydrogen-bond donors (Lipinski definition) is 1. The molecule has 2 heterocycles. The van der Waals surface area contributed by atoms with Crippen LogP contribution in [0.2, 0.25) is 0 Å². The van der Waals surface area contributed by atoms with Gasteiger partial charge in [0.2, 0.25) is 0 Å². The van der Waals surface area contributed by atoms with E-state index in [1.807, 2.05) is 18.3 Å². The molecule has 0 bridgehead atoms. The van der Waals surface area contributed by atoms with Crippen LogP contribution in [0.1, 0.15) is 31.0 Å². The van der Waals surface area contributed by atoms with E-state index < -0.39 is 0 Å². The van der Waals surface area contributed by atoms with Gasteiger partial charge in [0, 0.05) is 29.2 Å². The Kier molecular flexibility index (Phi) is 3.57. The average molecular weight is 277 g/mol. The summed E-state index contributed by atoms with van der Waals surface area (Å²) in [5.41, 5.74) is 5.56. The first-order valence-corrected chi connectivity index (χ1v) is 7.23. The molecule has 0 aliphatic rings. The smallest absolute Gasteiger partial charge is 0.138 e. The third-order valence-corrected chi connectivity index (χ3v) is 3.66. The molecule has 0 aliphatic carbocycles. The van der Waals surface area contributed by atoms with Crippen molar-refractivity contribution in [2.75, 3.05) is 0 Å². The van der Waals surface area contributed by atoms with Crippen molar-refractivity contribution in [1.29, 1.82) is 0 Å². The van der Waals surface area contributed by atoms with Gasteiger partial charge < -0.3 is 4.98 Å². The quantitative estimate of drug-likeness (QED) is 0.762. The number of aromatic amines is 1. The van der Waals surface area contributed by atoms with Crippen molar-refractivity contribution in [3.8, 4) is 22.6 Å². The average Bonchev–Trinajstić information content (AvgIpc) is 2.90. The molecule has 0 amide bonds. The van der Waals surface area contributed by atoms with Gasteiger partial charge in [-0.15, -0.1) is 0 Å². The first-order valence-electron chi connectivity index (χ1n) is 7.23. The van der Waals surface area contributed by atoms with Gasteiger partial charge in [0.25, 0.3) is 0 Å². The van der Waals surface area contributed by atoms with Gasteiger partial charge in [-0.25, -0.2) is 4.98 Å². The van der Waals surface area contributed by atoms with Crippen LogP contribution in [0, 0.1) is 6.92 Å². The molecular formula is C18H19N3. The van der Waals surface area contributed by atoms with Crippen molar-refractivity contribution in [1.82, 2.24) is 15.0 Å². The highest BCUT2D eigenvalue weighted by molar-refractivity contribution is 5.68. The van der Waals surface area contributed by atoms with E-state index in [1.165, 1.54) is 11.1 Å². The lowest BCUT2D eigenvalue weighted by atomic mass is 9.97. The molecule has 0 radical (unpaired) electrons. The molecule has 2 aromatic heterocycles. The van der Waals surface area contributed by atoms with Gasteiger partial charge in [-0.05, 0) is 30.5 Å². The molecule has 3 heteroatoms. The van der Waals surface area contributed by atoms with Gasteiger partial charge in [-0.1, -0.05) is 38.1 Å². The van der Waals surface area contributed by atoms with Gasteiger partial charge in [0.15, 0.2) is 0 Å². The number of pyridine rings is 1. The van der Waals surface area contributed by atoms with E-state index in [0.717, 1.165) is 22.8 Å². The first-order chi connectivity index (χ1) is 10.2. The molecule has 1 aromatic carbocycles. The largest absolute Gasteiger partial charge is 0.342 e. The van der Waals surface area contributed by atoms with Crippen LogP contribution >= 0.6 is 0 Å². The summed E-state index contributed by atoms with van der Waals surface area (Å²) in [6.45, 7) is 6.46. The Morgan fingerprint density at radius 3 is 2.57 bits per heavy atom. The van der Waals surface area contributed by atoms with Crippen molar-refractivity contribution >= 4 is 0 Å². The summed E-state index contributed by atoms with van der Waals surface area (Å²) in [7, 11) is 0. The number of hydrogen-bond acceptors (Lipinski definition) is 2. The number of aromatic nitrogens is 3. The van der Waals surface area contributed by atoms with E-state index >= 15 is 0 Å². The summed E-state index contributed by atoms with van der Waals surface area (Å²) in [6, 6.07) is 12.4. The molecular weight excluding hydrogens is 258 g/mol.